The van der Waals surface area contributed by atoms with Crippen LogP contribution in [0.2, 0.25) is 0 Å². The Hall–Kier alpha value is -1.27. The Labute approximate surface area is 185 Å². The SMILES string of the molecule is CSc1cccc(NC(=S)N(C2CCN(C(C)=O)CC2)[C@@H]2CCC[C@H](C)[C@H]2C)c1. The second-order valence-corrected chi connectivity index (χ2v) is 9.91. The van der Waals surface area contributed by atoms with Crippen LogP contribution in [0.3, 0.4) is 0 Å². The van der Waals surface area contributed by atoms with Crippen LogP contribution in [-0.2, 0) is 4.79 Å². The first-order chi connectivity index (χ1) is 13.9. The van der Waals surface area contributed by atoms with E-state index in [2.05, 4.69) is 54.6 Å². The van der Waals surface area contributed by atoms with Crippen molar-refractivity contribution in [2.24, 2.45) is 11.8 Å². The minimum atomic E-state index is 0.184. The molecule has 1 N–H and O–H groups in total. The number of amides is 1. The molecule has 0 aromatic heterocycles. The van der Waals surface area contributed by atoms with Gasteiger partial charge in [0, 0.05) is 42.7 Å². The van der Waals surface area contributed by atoms with Crippen LogP contribution in [0.4, 0.5) is 5.69 Å². The minimum absolute atomic E-state index is 0.184. The van der Waals surface area contributed by atoms with E-state index in [1.807, 2.05) is 4.90 Å². The van der Waals surface area contributed by atoms with Crippen LogP contribution in [0.1, 0.15) is 52.9 Å². The minimum Gasteiger partial charge on any atom is -0.343 e. The third kappa shape index (κ3) is 5.46. The largest absolute Gasteiger partial charge is 0.343 e. The molecule has 3 rings (SSSR count). The predicted molar refractivity (Wildman–Crippen MR) is 128 cm³/mol. The van der Waals surface area contributed by atoms with E-state index in [4.69, 9.17) is 12.2 Å². The molecule has 1 aliphatic heterocycles. The Morgan fingerprint density at radius 2 is 1.93 bits per heavy atom. The second-order valence-electron chi connectivity index (χ2n) is 8.64. The zero-order valence-electron chi connectivity index (χ0n) is 18.2. The molecule has 1 aromatic rings. The summed E-state index contributed by atoms with van der Waals surface area (Å²) in [6.07, 6.45) is 7.85. The van der Waals surface area contributed by atoms with Gasteiger partial charge in [0.15, 0.2) is 5.11 Å². The van der Waals surface area contributed by atoms with Gasteiger partial charge in [0.1, 0.15) is 0 Å². The maximum absolute atomic E-state index is 11.8. The van der Waals surface area contributed by atoms with Crippen LogP contribution in [0.25, 0.3) is 0 Å². The molecule has 0 spiro atoms. The molecule has 6 heteroatoms. The lowest BCUT2D eigenvalue weighted by Gasteiger charge is -2.48. The highest BCUT2D eigenvalue weighted by Crippen LogP contribution is 2.36. The summed E-state index contributed by atoms with van der Waals surface area (Å²) in [6.45, 7) is 8.11. The van der Waals surface area contributed by atoms with Gasteiger partial charge in [0.25, 0.3) is 0 Å². The molecule has 0 bridgehead atoms. The average molecular weight is 434 g/mol. The number of hydrogen-bond acceptors (Lipinski definition) is 3. The van der Waals surface area contributed by atoms with E-state index in [0.29, 0.717) is 18.0 Å². The Morgan fingerprint density at radius 1 is 1.21 bits per heavy atom. The van der Waals surface area contributed by atoms with Gasteiger partial charge in [0.2, 0.25) is 5.91 Å². The fraction of sp³-hybridized carbons (Fsp3) is 0.652. The van der Waals surface area contributed by atoms with Crippen LogP contribution in [0, 0.1) is 11.8 Å². The number of nitrogens with one attached hydrogen (secondary N) is 1. The van der Waals surface area contributed by atoms with Crippen LogP contribution in [0.5, 0.6) is 0 Å². The van der Waals surface area contributed by atoms with E-state index in [-0.39, 0.29) is 5.91 Å². The van der Waals surface area contributed by atoms with Crippen molar-refractivity contribution in [2.45, 2.75) is 69.9 Å². The average Bonchev–Trinajstić information content (AvgIpc) is 2.72. The fourth-order valence-electron chi connectivity index (χ4n) is 4.88. The van der Waals surface area contributed by atoms with Crippen molar-refractivity contribution in [2.75, 3.05) is 24.7 Å². The first kappa shape index (κ1) is 22.4. The molecule has 1 aliphatic carbocycles. The van der Waals surface area contributed by atoms with Gasteiger partial charge in [0.05, 0.1) is 0 Å². The van der Waals surface area contributed by atoms with E-state index in [9.17, 15) is 4.79 Å². The Morgan fingerprint density at radius 3 is 2.59 bits per heavy atom. The Kier molecular flexibility index (Phi) is 7.85. The van der Waals surface area contributed by atoms with Crippen molar-refractivity contribution in [3.8, 4) is 0 Å². The van der Waals surface area contributed by atoms with Gasteiger partial charge in [-0.3, -0.25) is 4.79 Å². The molecule has 3 atom stereocenters. The van der Waals surface area contributed by atoms with Crippen molar-refractivity contribution in [1.29, 1.82) is 0 Å². The van der Waals surface area contributed by atoms with E-state index >= 15 is 0 Å². The van der Waals surface area contributed by atoms with Gasteiger partial charge in [-0.2, -0.15) is 0 Å². The first-order valence-electron chi connectivity index (χ1n) is 10.9. The van der Waals surface area contributed by atoms with Crippen LogP contribution >= 0.6 is 24.0 Å². The zero-order chi connectivity index (χ0) is 21.0. The van der Waals surface area contributed by atoms with Gasteiger partial charge in [-0.15, -0.1) is 11.8 Å². The first-order valence-corrected chi connectivity index (χ1v) is 12.5. The number of piperidine rings is 1. The molecular formula is C23H35N3OS2. The summed E-state index contributed by atoms with van der Waals surface area (Å²) in [6, 6.07) is 9.33. The molecule has 0 unspecified atom stereocenters. The normalized spacial score (nSPS) is 25.5. The van der Waals surface area contributed by atoms with Crippen LogP contribution < -0.4 is 5.32 Å². The number of carbonyl (C=O) groups is 1. The number of benzene rings is 1. The van der Waals surface area contributed by atoms with Crippen LogP contribution in [0.15, 0.2) is 29.2 Å². The molecule has 1 amide bonds. The van der Waals surface area contributed by atoms with Crippen molar-refractivity contribution in [3.05, 3.63) is 24.3 Å². The molecular weight excluding hydrogens is 398 g/mol. The summed E-state index contributed by atoms with van der Waals surface area (Å²) in [5, 5.41) is 4.39. The van der Waals surface area contributed by atoms with E-state index in [1.54, 1.807) is 18.7 Å². The molecule has 1 heterocycles. The standard InChI is InChI=1S/C23H35N3OS2/c1-16-7-5-10-22(17(16)2)26(20-11-13-25(14-12-20)18(3)27)23(28)24-19-8-6-9-21(15-19)29-4/h6,8-9,15-17,20,22H,5,7,10-14H2,1-4H3,(H,24,28)/t16-,17+,22+/m0/s1. The Bertz CT molecular complexity index is 718. The summed E-state index contributed by atoms with van der Waals surface area (Å²) in [5.41, 5.74) is 1.06. The lowest BCUT2D eigenvalue weighted by molar-refractivity contribution is -0.130. The summed E-state index contributed by atoms with van der Waals surface area (Å²) in [4.78, 5) is 17.5. The van der Waals surface area contributed by atoms with E-state index in [1.165, 1.54) is 24.2 Å². The number of thiocarbonyl (C=S) groups is 1. The maximum Gasteiger partial charge on any atom is 0.219 e. The van der Waals surface area contributed by atoms with Gasteiger partial charge >= 0.3 is 0 Å². The third-order valence-corrected chi connectivity index (χ3v) is 7.92. The van der Waals surface area contributed by atoms with Gasteiger partial charge in [-0.1, -0.05) is 32.8 Å². The smallest absolute Gasteiger partial charge is 0.219 e. The van der Waals surface area contributed by atoms with Crippen molar-refractivity contribution >= 4 is 40.7 Å². The number of anilines is 1. The fourth-order valence-corrected chi connectivity index (χ4v) is 5.74. The van der Waals surface area contributed by atoms with E-state index in [0.717, 1.165) is 42.6 Å². The topological polar surface area (TPSA) is 35.6 Å². The maximum atomic E-state index is 11.8. The van der Waals surface area contributed by atoms with Gasteiger partial charge in [-0.25, -0.2) is 0 Å². The molecule has 1 saturated heterocycles. The molecule has 2 aliphatic rings. The number of nitrogens with zero attached hydrogens (tertiary/aromatic N) is 2. The second kappa shape index (κ2) is 10.2. The molecule has 160 valence electrons. The monoisotopic (exact) mass is 433 g/mol. The van der Waals surface area contributed by atoms with E-state index < -0.39 is 0 Å². The number of rotatable bonds is 4. The predicted octanol–water partition coefficient (Wildman–Crippen LogP) is 5.24. The van der Waals surface area contributed by atoms with Gasteiger partial charge in [-0.05, 0) is 67.8 Å². The third-order valence-electron chi connectivity index (χ3n) is 6.88. The zero-order valence-corrected chi connectivity index (χ0v) is 19.8. The quantitative estimate of drug-likeness (QED) is 0.519. The molecule has 2 fully saturated rings. The number of likely N-dealkylation sites (tertiary alicyclic amines) is 1. The molecule has 1 saturated carbocycles. The van der Waals surface area contributed by atoms with Crippen molar-refractivity contribution < 1.29 is 4.79 Å². The van der Waals surface area contributed by atoms with Crippen molar-refractivity contribution in [1.82, 2.24) is 9.80 Å². The lowest BCUT2D eigenvalue weighted by atomic mass is 9.76. The molecule has 29 heavy (non-hydrogen) atoms. The highest BCUT2D eigenvalue weighted by atomic mass is 32.2. The summed E-state index contributed by atoms with van der Waals surface area (Å²) >= 11 is 7.74. The molecule has 1 aromatic carbocycles. The summed E-state index contributed by atoms with van der Waals surface area (Å²) in [5.74, 6) is 1.52. The summed E-state index contributed by atoms with van der Waals surface area (Å²) in [7, 11) is 0. The summed E-state index contributed by atoms with van der Waals surface area (Å²) < 4.78 is 0. The highest BCUT2D eigenvalue weighted by Gasteiger charge is 2.37. The molecule has 4 nitrogen and oxygen atoms in total. The number of hydrogen-bond donors (Lipinski definition) is 1. The highest BCUT2D eigenvalue weighted by molar-refractivity contribution is 7.98. The Balaban J connectivity index is 1.80. The number of thioether (sulfide) groups is 1. The van der Waals surface area contributed by atoms with Crippen LogP contribution in [-0.4, -0.2) is 52.2 Å². The number of carbonyl (C=O) groups excluding carboxylic acids is 1. The van der Waals surface area contributed by atoms with Gasteiger partial charge < -0.3 is 15.1 Å². The van der Waals surface area contributed by atoms with Crippen molar-refractivity contribution in [3.63, 3.8) is 0 Å². The lowest BCUT2D eigenvalue weighted by Crippen LogP contribution is -2.56. The molecule has 0 radical (unpaired) electrons.